The van der Waals surface area contributed by atoms with E-state index >= 15 is 0 Å². The van der Waals surface area contributed by atoms with Crippen LogP contribution in [-0.4, -0.2) is 56.4 Å². The molecule has 2 aromatic heterocycles. The Labute approximate surface area is 147 Å². The van der Waals surface area contributed by atoms with Gasteiger partial charge in [0.05, 0.1) is 12.3 Å². The predicted octanol–water partition coefficient (Wildman–Crippen LogP) is 1.42. The Morgan fingerprint density at radius 2 is 1.96 bits per heavy atom. The minimum Gasteiger partial charge on any atom is -0.506 e. The number of nitrogens with zero attached hydrogens (tertiary/aromatic N) is 5. The quantitative estimate of drug-likeness (QED) is 0.838. The zero-order chi connectivity index (χ0) is 18.0. The number of aliphatic hydroxyl groups excluding tert-OH is 1. The van der Waals surface area contributed by atoms with Gasteiger partial charge in [-0.3, -0.25) is 9.88 Å². The van der Waals surface area contributed by atoms with Crippen molar-refractivity contribution in [2.24, 2.45) is 0 Å². The first-order chi connectivity index (χ1) is 12.0. The Hall–Kier alpha value is -2.19. The van der Waals surface area contributed by atoms with Crippen molar-refractivity contribution in [3.05, 3.63) is 28.9 Å². The highest BCUT2D eigenvalue weighted by molar-refractivity contribution is 5.40. The van der Waals surface area contributed by atoms with Crippen molar-refractivity contribution >= 4 is 5.95 Å². The molecule has 136 valence electrons. The standard InChI is InChI=1S/C17H25N5O3/c1-11(2)16-19-17(20-25-16)22-6-4-21(5-7-22)9-14-13(10-23)8-18-12(3)15(14)24/h8,11,23-24H,4-7,9-10H2,1-3H3. The topological polar surface area (TPSA) is 98.8 Å². The molecule has 0 radical (unpaired) electrons. The highest BCUT2D eigenvalue weighted by atomic mass is 16.5. The number of hydrogen-bond donors (Lipinski definition) is 2. The Kier molecular flexibility index (Phi) is 5.19. The lowest BCUT2D eigenvalue weighted by Crippen LogP contribution is -2.46. The number of anilines is 1. The summed E-state index contributed by atoms with van der Waals surface area (Å²) in [6.07, 6.45) is 1.63. The summed E-state index contributed by atoms with van der Waals surface area (Å²) in [5.74, 6) is 1.69. The molecule has 2 N–H and O–H groups in total. The van der Waals surface area contributed by atoms with Crippen LogP contribution >= 0.6 is 0 Å². The fraction of sp³-hybridized carbons (Fsp3) is 0.588. The second-order valence-electron chi connectivity index (χ2n) is 6.70. The second-order valence-corrected chi connectivity index (χ2v) is 6.70. The number of aromatic hydroxyl groups is 1. The van der Waals surface area contributed by atoms with E-state index in [0.717, 1.165) is 31.7 Å². The maximum absolute atomic E-state index is 10.3. The zero-order valence-electron chi connectivity index (χ0n) is 14.9. The molecule has 3 heterocycles. The lowest BCUT2D eigenvalue weighted by atomic mass is 10.1. The van der Waals surface area contributed by atoms with Crippen LogP contribution in [0.3, 0.4) is 0 Å². The first kappa shape index (κ1) is 17.6. The van der Waals surface area contributed by atoms with Gasteiger partial charge in [0.15, 0.2) is 0 Å². The van der Waals surface area contributed by atoms with E-state index in [9.17, 15) is 10.2 Å². The van der Waals surface area contributed by atoms with E-state index in [1.807, 2.05) is 13.8 Å². The molecule has 1 aliphatic heterocycles. The van der Waals surface area contributed by atoms with E-state index in [4.69, 9.17) is 4.52 Å². The van der Waals surface area contributed by atoms with E-state index < -0.39 is 0 Å². The molecule has 25 heavy (non-hydrogen) atoms. The van der Waals surface area contributed by atoms with Gasteiger partial charge in [-0.2, -0.15) is 4.98 Å². The van der Waals surface area contributed by atoms with Gasteiger partial charge >= 0.3 is 0 Å². The average molecular weight is 347 g/mol. The van der Waals surface area contributed by atoms with Gasteiger partial charge in [0, 0.05) is 56.0 Å². The third-order valence-corrected chi connectivity index (χ3v) is 4.56. The normalized spacial score (nSPS) is 16.0. The van der Waals surface area contributed by atoms with Crippen LogP contribution in [-0.2, 0) is 13.2 Å². The largest absolute Gasteiger partial charge is 0.506 e. The van der Waals surface area contributed by atoms with Crippen LogP contribution in [0.5, 0.6) is 5.75 Å². The third-order valence-electron chi connectivity index (χ3n) is 4.56. The van der Waals surface area contributed by atoms with Gasteiger partial charge in [-0.1, -0.05) is 13.8 Å². The number of hydrogen-bond acceptors (Lipinski definition) is 8. The number of aliphatic hydroxyl groups is 1. The van der Waals surface area contributed by atoms with Crippen LogP contribution in [0.1, 0.15) is 42.5 Å². The predicted molar refractivity (Wildman–Crippen MR) is 92.4 cm³/mol. The first-order valence-electron chi connectivity index (χ1n) is 8.57. The highest BCUT2D eigenvalue weighted by Gasteiger charge is 2.23. The van der Waals surface area contributed by atoms with Gasteiger partial charge in [-0.25, -0.2) is 0 Å². The molecular formula is C17H25N5O3. The van der Waals surface area contributed by atoms with Gasteiger partial charge in [-0.05, 0) is 12.1 Å². The lowest BCUT2D eigenvalue weighted by molar-refractivity contribution is 0.237. The van der Waals surface area contributed by atoms with Crippen LogP contribution in [0.4, 0.5) is 5.95 Å². The van der Waals surface area contributed by atoms with Crippen molar-refractivity contribution in [1.29, 1.82) is 0 Å². The lowest BCUT2D eigenvalue weighted by Gasteiger charge is -2.34. The maximum Gasteiger partial charge on any atom is 0.266 e. The van der Waals surface area contributed by atoms with Gasteiger partial charge in [0.1, 0.15) is 5.75 Å². The minimum absolute atomic E-state index is 0.128. The number of aromatic nitrogens is 3. The van der Waals surface area contributed by atoms with Gasteiger partial charge in [0.2, 0.25) is 5.89 Å². The van der Waals surface area contributed by atoms with E-state index in [1.165, 1.54) is 0 Å². The molecule has 1 fully saturated rings. The summed E-state index contributed by atoms with van der Waals surface area (Å²) >= 11 is 0. The van der Waals surface area contributed by atoms with Gasteiger partial charge in [0.25, 0.3) is 5.95 Å². The summed E-state index contributed by atoms with van der Waals surface area (Å²) in [4.78, 5) is 12.9. The fourth-order valence-electron chi connectivity index (χ4n) is 2.92. The maximum atomic E-state index is 10.3. The van der Waals surface area contributed by atoms with Crippen LogP contribution < -0.4 is 4.90 Å². The van der Waals surface area contributed by atoms with Crippen molar-refractivity contribution in [3.8, 4) is 5.75 Å². The van der Waals surface area contributed by atoms with Gasteiger partial charge < -0.3 is 19.6 Å². The molecule has 0 unspecified atom stereocenters. The molecule has 1 aliphatic rings. The number of aryl methyl sites for hydroxylation is 1. The molecule has 0 atom stereocenters. The number of rotatable bonds is 5. The van der Waals surface area contributed by atoms with E-state index in [-0.39, 0.29) is 18.3 Å². The van der Waals surface area contributed by atoms with Gasteiger partial charge in [-0.15, -0.1) is 0 Å². The van der Waals surface area contributed by atoms with E-state index in [0.29, 0.717) is 29.6 Å². The van der Waals surface area contributed by atoms with Crippen molar-refractivity contribution in [2.75, 3.05) is 31.1 Å². The molecule has 0 aliphatic carbocycles. The van der Waals surface area contributed by atoms with Crippen LogP contribution in [0.25, 0.3) is 0 Å². The monoisotopic (exact) mass is 347 g/mol. The molecule has 0 bridgehead atoms. The molecule has 0 aromatic carbocycles. The zero-order valence-corrected chi connectivity index (χ0v) is 14.9. The molecule has 1 saturated heterocycles. The Bertz CT molecular complexity index is 723. The molecule has 0 amide bonds. The highest BCUT2D eigenvalue weighted by Crippen LogP contribution is 2.26. The molecule has 8 heteroatoms. The van der Waals surface area contributed by atoms with Crippen molar-refractivity contribution < 1.29 is 14.7 Å². The Morgan fingerprint density at radius 3 is 2.56 bits per heavy atom. The Morgan fingerprint density at radius 1 is 1.24 bits per heavy atom. The van der Waals surface area contributed by atoms with Crippen LogP contribution in [0, 0.1) is 6.92 Å². The molecule has 0 spiro atoms. The van der Waals surface area contributed by atoms with E-state index in [2.05, 4.69) is 24.9 Å². The van der Waals surface area contributed by atoms with Crippen LogP contribution in [0.2, 0.25) is 0 Å². The molecular weight excluding hydrogens is 322 g/mol. The summed E-state index contributed by atoms with van der Waals surface area (Å²) in [6, 6.07) is 0. The molecule has 2 aromatic rings. The summed E-state index contributed by atoms with van der Waals surface area (Å²) in [5.41, 5.74) is 2.01. The summed E-state index contributed by atoms with van der Waals surface area (Å²) in [5, 5.41) is 23.8. The first-order valence-corrected chi connectivity index (χ1v) is 8.57. The molecule has 0 saturated carbocycles. The van der Waals surface area contributed by atoms with Crippen LogP contribution in [0.15, 0.2) is 10.7 Å². The molecule has 3 rings (SSSR count). The summed E-state index contributed by atoms with van der Waals surface area (Å²) < 4.78 is 5.28. The molecule has 8 nitrogen and oxygen atoms in total. The van der Waals surface area contributed by atoms with Crippen molar-refractivity contribution in [1.82, 2.24) is 20.0 Å². The van der Waals surface area contributed by atoms with Crippen molar-refractivity contribution in [3.63, 3.8) is 0 Å². The fourth-order valence-corrected chi connectivity index (χ4v) is 2.92. The average Bonchev–Trinajstić information content (AvgIpc) is 3.10. The third kappa shape index (κ3) is 3.74. The Balaban J connectivity index is 1.64. The summed E-state index contributed by atoms with van der Waals surface area (Å²) in [7, 11) is 0. The summed E-state index contributed by atoms with van der Waals surface area (Å²) in [6.45, 7) is 9.48. The minimum atomic E-state index is -0.128. The number of pyridine rings is 1. The van der Waals surface area contributed by atoms with Crippen molar-refractivity contribution in [2.45, 2.75) is 39.8 Å². The number of piperazine rings is 1. The second kappa shape index (κ2) is 7.37. The van der Waals surface area contributed by atoms with E-state index in [1.54, 1.807) is 13.1 Å². The smallest absolute Gasteiger partial charge is 0.266 e. The SMILES string of the molecule is Cc1ncc(CO)c(CN2CCN(c3noc(C(C)C)n3)CC2)c1O.